The first kappa shape index (κ1) is 17.8. The number of rotatable bonds is 4. The van der Waals surface area contributed by atoms with Crippen LogP contribution in [-0.4, -0.2) is 21.6 Å². The molecule has 0 aliphatic heterocycles. The molecule has 2 heterocycles. The molecule has 136 valence electrons. The summed E-state index contributed by atoms with van der Waals surface area (Å²) in [6.07, 6.45) is 4.53. The highest BCUT2D eigenvalue weighted by molar-refractivity contribution is 7.99. The van der Waals surface area contributed by atoms with Gasteiger partial charge in [-0.2, -0.15) is 5.26 Å². The highest BCUT2D eigenvalue weighted by Gasteiger charge is 2.20. The Hall–Kier alpha value is -2.63. The normalized spacial score (nSPS) is 13.1. The van der Waals surface area contributed by atoms with E-state index in [9.17, 15) is 4.79 Å². The summed E-state index contributed by atoms with van der Waals surface area (Å²) in [7, 11) is 0. The van der Waals surface area contributed by atoms with Gasteiger partial charge in [0, 0.05) is 10.6 Å². The molecule has 1 aliphatic rings. The molecule has 0 saturated heterocycles. The summed E-state index contributed by atoms with van der Waals surface area (Å²) in [5.74, 6) is 0.544. The summed E-state index contributed by atoms with van der Waals surface area (Å²) >= 11 is 2.97. The number of nitrogens with two attached hydrogens (primary N) is 1. The first-order chi connectivity index (χ1) is 13.1. The molecule has 3 N–H and O–H groups in total. The zero-order valence-electron chi connectivity index (χ0n) is 14.5. The van der Waals surface area contributed by atoms with Gasteiger partial charge >= 0.3 is 0 Å². The van der Waals surface area contributed by atoms with Crippen LogP contribution < -0.4 is 11.1 Å². The maximum atomic E-state index is 12.2. The zero-order chi connectivity index (χ0) is 18.8. The van der Waals surface area contributed by atoms with Crippen molar-refractivity contribution in [2.24, 2.45) is 0 Å². The molecule has 0 radical (unpaired) electrons. The van der Waals surface area contributed by atoms with Gasteiger partial charge in [0.05, 0.1) is 22.8 Å². The van der Waals surface area contributed by atoms with Crippen LogP contribution in [-0.2, 0) is 17.6 Å². The number of aryl methyl sites for hydroxylation is 2. The minimum atomic E-state index is -0.155. The number of carbonyl (C=O) groups excluding carboxylic acids is 1. The van der Waals surface area contributed by atoms with Crippen molar-refractivity contribution < 1.29 is 4.79 Å². The minimum Gasteiger partial charge on any atom is -0.383 e. The van der Waals surface area contributed by atoms with E-state index in [-0.39, 0.29) is 11.7 Å². The van der Waals surface area contributed by atoms with E-state index in [1.807, 2.05) is 6.07 Å². The molecule has 8 heteroatoms. The molecule has 0 spiro atoms. The smallest absolute Gasteiger partial charge is 0.234 e. The Labute approximate surface area is 164 Å². The number of aromatic nitrogens is 2. The fraction of sp³-hybridized carbons (Fsp3) is 0.263. The van der Waals surface area contributed by atoms with Gasteiger partial charge in [0.1, 0.15) is 10.6 Å². The Morgan fingerprint density at radius 1 is 1.26 bits per heavy atom. The van der Waals surface area contributed by atoms with Crippen LogP contribution in [0.15, 0.2) is 29.4 Å². The molecule has 2 aromatic heterocycles. The number of nitrogens with zero attached hydrogens (tertiary/aromatic N) is 3. The molecule has 27 heavy (non-hydrogen) atoms. The summed E-state index contributed by atoms with van der Waals surface area (Å²) in [5, 5.41) is 13.1. The lowest BCUT2D eigenvalue weighted by Gasteiger charge is -2.10. The molecule has 1 amide bonds. The summed E-state index contributed by atoms with van der Waals surface area (Å²) in [6, 6.07) is 8.79. The Bertz CT molecular complexity index is 1050. The van der Waals surface area contributed by atoms with Gasteiger partial charge in [-0.15, -0.1) is 11.3 Å². The van der Waals surface area contributed by atoms with Gasteiger partial charge < -0.3 is 11.1 Å². The van der Waals surface area contributed by atoms with Crippen LogP contribution in [0, 0.1) is 11.3 Å². The molecule has 0 bridgehead atoms. The highest BCUT2D eigenvalue weighted by atomic mass is 32.2. The number of hydrogen-bond donors (Lipinski definition) is 2. The predicted octanol–water partition coefficient (Wildman–Crippen LogP) is 3.75. The molecule has 0 atom stereocenters. The van der Waals surface area contributed by atoms with E-state index >= 15 is 0 Å². The van der Waals surface area contributed by atoms with E-state index in [2.05, 4.69) is 15.3 Å². The number of benzene rings is 1. The second-order valence-corrected chi connectivity index (χ2v) is 8.33. The van der Waals surface area contributed by atoms with Crippen molar-refractivity contribution in [1.82, 2.24) is 9.97 Å². The minimum absolute atomic E-state index is 0.155. The van der Waals surface area contributed by atoms with Crippen LogP contribution in [0.4, 0.5) is 11.5 Å². The number of thioether (sulfide) groups is 1. The molecule has 6 nitrogen and oxygen atoms in total. The van der Waals surface area contributed by atoms with Gasteiger partial charge in [0.2, 0.25) is 5.91 Å². The molecule has 0 unspecified atom stereocenters. The number of hydrogen-bond acceptors (Lipinski definition) is 7. The number of anilines is 2. The standard InChI is InChI=1S/C19H17N5OS2/c20-9-11-5-7-12(8-6-11)22-15(25)10-26-19-23-17(21)16-13-3-1-2-4-14(13)27-18(16)24-19/h5-8H,1-4,10H2,(H,22,25)(H2,21,23,24). The Morgan fingerprint density at radius 3 is 2.81 bits per heavy atom. The third kappa shape index (κ3) is 3.75. The lowest BCUT2D eigenvalue weighted by atomic mass is 9.97. The zero-order valence-corrected chi connectivity index (χ0v) is 16.1. The Balaban J connectivity index is 1.45. The molecule has 4 rings (SSSR count). The number of fused-ring (bicyclic) bond motifs is 3. The van der Waals surface area contributed by atoms with Gasteiger partial charge in [-0.25, -0.2) is 9.97 Å². The molecule has 0 fully saturated rings. The largest absolute Gasteiger partial charge is 0.383 e. The molecule has 3 aromatic rings. The summed E-state index contributed by atoms with van der Waals surface area (Å²) in [6.45, 7) is 0. The number of nitriles is 1. The van der Waals surface area contributed by atoms with Crippen molar-refractivity contribution in [3.63, 3.8) is 0 Å². The van der Waals surface area contributed by atoms with Gasteiger partial charge in [-0.3, -0.25) is 4.79 Å². The van der Waals surface area contributed by atoms with Crippen LogP contribution in [0.25, 0.3) is 10.2 Å². The number of nitrogens with one attached hydrogen (secondary N) is 1. The summed E-state index contributed by atoms with van der Waals surface area (Å²) in [4.78, 5) is 23.5. The number of nitrogen functional groups attached to an aromatic ring is 1. The first-order valence-electron chi connectivity index (χ1n) is 8.64. The summed E-state index contributed by atoms with van der Waals surface area (Å²) < 4.78 is 0. The highest BCUT2D eigenvalue weighted by Crippen LogP contribution is 2.38. The average Bonchev–Trinajstić information content (AvgIpc) is 3.06. The molecular weight excluding hydrogens is 378 g/mol. The Morgan fingerprint density at radius 2 is 2.04 bits per heavy atom. The van der Waals surface area contributed by atoms with Crippen molar-refractivity contribution >= 4 is 50.7 Å². The van der Waals surface area contributed by atoms with Crippen molar-refractivity contribution in [3.05, 3.63) is 40.3 Å². The summed E-state index contributed by atoms with van der Waals surface area (Å²) in [5.41, 5.74) is 8.72. The van der Waals surface area contributed by atoms with E-state index in [1.165, 1.54) is 35.0 Å². The molecular formula is C19H17N5OS2. The number of amides is 1. The van der Waals surface area contributed by atoms with Gasteiger partial charge in [-0.05, 0) is 55.5 Å². The first-order valence-corrected chi connectivity index (χ1v) is 10.4. The van der Waals surface area contributed by atoms with Crippen molar-refractivity contribution in [2.45, 2.75) is 30.8 Å². The monoisotopic (exact) mass is 395 g/mol. The second-order valence-electron chi connectivity index (χ2n) is 6.31. The fourth-order valence-corrected chi connectivity index (χ4v) is 5.16. The lowest BCUT2D eigenvalue weighted by molar-refractivity contribution is -0.113. The molecule has 1 aromatic carbocycles. The topological polar surface area (TPSA) is 105 Å². The molecule has 0 saturated carbocycles. The van der Waals surface area contributed by atoms with E-state index in [0.29, 0.717) is 22.2 Å². The average molecular weight is 396 g/mol. The van der Waals surface area contributed by atoms with Gasteiger partial charge in [-0.1, -0.05) is 11.8 Å². The lowest BCUT2D eigenvalue weighted by Crippen LogP contribution is -2.14. The van der Waals surface area contributed by atoms with Crippen LogP contribution >= 0.6 is 23.1 Å². The third-order valence-corrected chi connectivity index (χ3v) is 6.49. The quantitative estimate of drug-likeness (QED) is 0.515. The molecule has 1 aliphatic carbocycles. The van der Waals surface area contributed by atoms with Gasteiger partial charge in [0.15, 0.2) is 5.16 Å². The second kappa shape index (κ2) is 7.55. The van der Waals surface area contributed by atoms with E-state index in [1.54, 1.807) is 35.6 Å². The van der Waals surface area contributed by atoms with Gasteiger partial charge in [0.25, 0.3) is 0 Å². The van der Waals surface area contributed by atoms with Crippen molar-refractivity contribution in [3.8, 4) is 6.07 Å². The third-order valence-electron chi connectivity index (χ3n) is 4.45. The van der Waals surface area contributed by atoms with Crippen LogP contribution in [0.1, 0.15) is 28.8 Å². The SMILES string of the molecule is N#Cc1ccc(NC(=O)CSc2nc(N)c3c4c(sc3n2)CCCC4)cc1. The van der Waals surface area contributed by atoms with Crippen LogP contribution in [0.5, 0.6) is 0 Å². The predicted molar refractivity (Wildman–Crippen MR) is 109 cm³/mol. The maximum absolute atomic E-state index is 12.2. The number of carbonyl (C=O) groups is 1. The van der Waals surface area contributed by atoms with Crippen LogP contribution in [0.2, 0.25) is 0 Å². The van der Waals surface area contributed by atoms with Crippen molar-refractivity contribution in [2.75, 3.05) is 16.8 Å². The van der Waals surface area contributed by atoms with E-state index < -0.39 is 0 Å². The van der Waals surface area contributed by atoms with Crippen molar-refractivity contribution in [1.29, 1.82) is 5.26 Å². The number of thiophene rings is 1. The van der Waals surface area contributed by atoms with Crippen LogP contribution in [0.3, 0.4) is 0 Å². The maximum Gasteiger partial charge on any atom is 0.234 e. The van der Waals surface area contributed by atoms with E-state index in [0.717, 1.165) is 23.1 Å². The fourth-order valence-electron chi connectivity index (χ4n) is 3.19. The Kier molecular flexibility index (Phi) is 4.97. The van der Waals surface area contributed by atoms with E-state index in [4.69, 9.17) is 11.0 Å².